The number of nitrogens with zero attached hydrogens (tertiary/aromatic N) is 1. The highest BCUT2D eigenvalue weighted by Gasteiger charge is 2.70. The van der Waals surface area contributed by atoms with Crippen molar-refractivity contribution in [2.45, 2.75) is 130 Å². The summed E-state index contributed by atoms with van der Waals surface area (Å²) < 4.78 is 31.8. The van der Waals surface area contributed by atoms with Gasteiger partial charge in [0, 0.05) is 42.3 Å². The zero-order valence-corrected chi connectivity index (χ0v) is 35.3. The van der Waals surface area contributed by atoms with E-state index < -0.39 is 54.5 Å². The van der Waals surface area contributed by atoms with Gasteiger partial charge in [0.15, 0.2) is 0 Å². The van der Waals surface area contributed by atoms with Crippen molar-refractivity contribution < 1.29 is 37.7 Å². The lowest BCUT2D eigenvalue weighted by Gasteiger charge is -2.66. The molecule has 6 rings (SSSR count). The Morgan fingerprint density at radius 3 is 2.25 bits per heavy atom. The van der Waals surface area contributed by atoms with Crippen LogP contribution in [0.25, 0.3) is 11.3 Å². The molecule has 0 amide bonds. The maximum atomic E-state index is 14.2. The van der Waals surface area contributed by atoms with Crippen molar-refractivity contribution in [3.8, 4) is 22.8 Å². The van der Waals surface area contributed by atoms with Gasteiger partial charge in [-0.2, -0.15) is 0 Å². The van der Waals surface area contributed by atoms with Crippen LogP contribution in [-0.4, -0.2) is 48.7 Å². The number of benzene rings is 1. The Morgan fingerprint density at radius 2 is 1.67 bits per heavy atom. The summed E-state index contributed by atoms with van der Waals surface area (Å²) in [5.74, 6) is -0.447. The maximum Gasteiger partial charge on any atom is 0.345 e. The Labute approximate surface area is 326 Å². The third-order valence-corrected chi connectivity index (χ3v) is 20.0. The van der Waals surface area contributed by atoms with Gasteiger partial charge < -0.3 is 28.2 Å². The van der Waals surface area contributed by atoms with E-state index in [1.54, 1.807) is 42.7 Å². The normalized spacial score (nSPS) is 30.2. The first kappa shape index (κ1) is 40.7. The molecule has 0 saturated heterocycles. The second-order valence-corrected chi connectivity index (χ2v) is 23.4. The third-order valence-electron chi connectivity index (χ3n) is 14.0. The zero-order valence-electron chi connectivity index (χ0n) is 34.3. The quantitative estimate of drug-likeness (QED) is 0.157. The molecule has 3 unspecified atom stereocenters. The predicted molar refractivity (Wildman–Crippen MR) is 212 cm³/mol. The Kier molecular flexibility index (Phi) is 11.0. The Morgan fingerprint density at radius 1 is 1.02 bits per heavy atom. The SMILES string of the molecule is CC(=O)OC[C@@]1(C)C2C[C@H](OC(=O)c3ccc(O[Si](C(C)C)(C(C)C)C(C)C)cc3)[C@@]3(C)Oc4cc(-c5cccnc5)oc(=O)c4C(O)C3[C@@]2(C)CC[C@@H]1C. The molecule has 10 nitrogen and oxygen atoms in total. The van der Waals surface area contributed by atoms with E-state index >= 15 is 0 Å². The summed E-state index contributed by atoms with van der Waals surface area (Å²) >= 11 is 0. The molecule has 3 aromatic rings. The smallest absolute Gasteiger partial charge is 0.345 e. The number of ether oxygens (including phenoxy) is 3. The third kappa shape index (κ3) is 6.83. The molecule has 8 atom stereocenters. The molecular formula is C44H59NO9Si. The number of aliphatic hydroxyl groups excluding tert-OH is 1. The molecular weight excluding hydrogens is 715 g/mol. The van der Waals surface area contributed by atoms with E-state index in [0.29, 0.717) is 34.2 Å². The summed E-state index contributed by atoms with van der Waals surface area (Å²) in [5, 5.41) is 12.4. The van der Waals surface area contributed by atoms with Crippen LogP contribution < -0.4 is 14.8 Å². The van der Waals surface area contributed by atoms with Gasteiger partial charge in [-0.15, -0.1) is 0 Å². The summed E-state index contributed by atoms with van der Waals surface area (Å²) in [6.07, 6.45) is 2.99. The highest BCUT2D eigenvalue weighted by molar-refractivity contribution is 6.78. The fourth-order valence-corrected chi connectivity index (χ4v) is 16.4. The zero-order chi connectivity index (χ0) is 40.2. The molecule has 2 aromatic heterocycles. The number of carbonyl (C=O) groups excluding carboxylic acids is 2. The van der Waals surface area contributed by atoms with Crippen LogP contribution in [0.15, 0.2) is 64.1 Å². The summed E-state index contributed by atoms with van der Waals surface area (Å²) in [6, 6.07) is 12.3. The number of pyridine rings is 1. The minimum atomic E-state index is -2.22. The van der Waals surface area contributed by atoms with Gasteiger partial charge in [-0.3, -0.25) is 9.78 Å². The van der Waals surface area contributed by atoms with Gasteiger partial charge in [0.1, 0.15) is 34.5 Å². The van der Waals surface area contributed by atoms with Gasteiger partial charge >= 0.3 is 17.6 Å². The standard InChI is InChI=1S/C44H59NO9Si/c1-25(2)55(26(3)4,27(5)6)54-32-16-14-30(15-17-32)40(48)52-36-22-35-42(9,19-18-28(7)43(35,10)24-50-29(8)46)39-38(47)37-34(53-44(36,39)11)21-33(51-41(37)49)31-13-12-20-45-23-31/h12-17,20-21,23,25-28,35-36,38-39,47H,18-19,22,24H2,1-11H3/t28-,35?,36-,38?,39?,42-,43+,44+/m0/s1. The molecule has 55 heavy (non-hydrogen) atoms. The molecule has 298 valence electrons. The number of aliphatic hydroxyl groups is 1. The Hall–Kier alpha value is -3.96. The van der Waals surface area contributed by atoms with Crippen LogP contribution in [0.4, 0.5) is 0 Å². The van der Waals surface area contributed by atoms with Gasteiger partial charge in [-0.05, 0) is 96.5 Å². The van der Waals surface area contributed by atoms with E-state index in [4.69, 9.17) is 23.1 Å². The fourth-order valence-electron chi connectivity index (χ4n) is 11.1. The minimum absolute atomic E-state index is 0.0433. The number of esters is 2. The first-order chi connectivity index (χ1) is 25.8. The summed E-state index contributed by atoms with van der Waals surface area (Å²) in [5.41, 5.74) is -0.934. The summed E-state index contributed by atoms with van der Waals surface area (Å²) in [7, 11) is -2.22. The largest absolute Gasteiger partial charge is 0.543 e. The van der Waals surface area contributed by atoms with Crippen LogP contribution >= 0.6 is 0 Å². The summed E-state index contributed by atoms with van der Waals surface area (Å²) in [4.78, 5) is 44.3. The van der Waals surface area contributed by atoms with Crippen molar-refractivity contribution >= 4 is 20.3 Å². The maximum absolute atomic E-state index is 14.2. The van der Waals surface area contributed by atoms with Gasteiger partial charge in [0.05, 0.1) is 18.3 Å². The lowest BCUT2D eigenvalue weighted by Crippen LogP contribution is -2.70. The molecule has 3 heterocycles. The molecule has 3 aliphatic rings. The highest BCUT2D eigenvalue weighted by atomic mass is 28.4. The molecule has 0 radical (unpaired) electrons. The van der Waals surface area contributed by atoms with Crippen molar-refractivity contribution in [1.82, 2.24) is 4.98 Å². The highest BCUT2D eigenvalue weighted by Crippen LogP contribution is 2.68. The molecule has 2 saturated carbocycles. The van der Waals surface area contributed by atoms with Gasteiger partial charge in [-0.25, -0.2) is 9.59 Å². The number of carbonyl (C=O) groups is 2. The van der Waals surface area contributed by atoms with E-state index in [1.807, 2.05) is 19.1 Å². The lowest BCUT2D eigenvalue weighted by molar-refractivity contribution is -0.257. The minimum Gasteiger partial charge on any atom is -0.543 e. The van der Waals surface area contributed by atoms with E-state index in [-0.39, 0.29) is 41.5 Å². The van der Waals surface area contributed by atoms with Crippen molar-refractivity contribution in [2.24, 2.45) is 28.6 Å². The van der Waals surface area contributed by atoms with Gasteiger partial charge in [0.2, 0.25) is 0 Å². The van der Waals surface area contributed by atoms with Crippen LogP contribution in [0.5, 0.6) is 11.5 Å². The second-order valence-electron chi connectivity index (χ2n) is 18.0. The van der Waals surface area contributed by atoms with Crippen molar-refractivity contribution in [3.63, 3.8) is 0 Å². The molecule has 2 fully saturated rings. The number of hydrogen-bond acceptors (Lipinski definition) is 10. The van der Waals surface area contributed by atoms with Crippen molar-refractivity contribution in [3.05, 3.63) is 76.4 Å². The molecule has 2 aliphatic carbocycles. The van der Waals surface area contributed by atoms with Crippen LogP contribution in [0.3, 0.4) is 0 Å². The van der Waals surface area contributed by atoms with Crippen LogP contribution in [-0.2, 0) is 14.3 Å². The van der Waals surface area contributed by atoms with Crippen molar-refractivity contribution in [1.29, 1.82) is 0 Å². The summed E-state index contributed by atoms with van der Waals surface area (Å²) in [6.45, 7) is 23.3. The van der Waals surface area contributed by atoms with Crippen LogP contribution in [0.1, 0.15) is 117 Å². The average Bonchev–Trinajstić information content (AvgIpc) is 3.12. The number of fused-ring (bicyclic) bond motifs is 4. The molecule has 0 spiro atoms. The molecule has 0 bridgehead atoms. The van der Waals surface area contributed by atoms with E-state index in [2.05, 4.69) is 67.3 Å². The van der Waals surface area contributed by atoms with E-state index in [9.17, 15) is 19.5 Å². The monoisotopic (exact) mass is 773 g/mol. The first-order valence-corrected chi connectivity index (χ1v) is 22.0. The van der Waals surface area contributed by atoms with Crippen LogP contribution in [0.2, 0.25) is 16.6 Å². The Balaban J connectivity index is 1.41. The van der Waals surface area contributed by atoms with Crippen LogP contribution in [0, 0.1) is 28.6 Å². The number of aromatic nitrogens is 1. The average molecular weight is 774 g/mol. The first-order valence-electron chi connectivity index (χ1n) is 19.9. The van der Waals surface area contributed by atoms with Crippen molar-refractivity contribution in [2.75, 3.05) is 6.61 Å². The van der Waals surface area contributed by atoms with Gasteiger partial charge in [0.25, 0.3) is 8.32 Å². The number of rotatable bonds is 10. The molecule has 11 heteroatoms. The van der Waals surface area contributed by atoms with Gasteiger partial charge in [-0.1, -0.05) is 62.3 Å². The second kappa shape index (κ2) is 14.8. The Bertz CT molecular complexity index is 1920. The topological polar surface area (TPSA) is 134 Å². The molecule has 1 N–H and O–H groups in total. The number of hydrogen-bond donors (Lipinski definition) is 1. The molecule has 1 aromatic carbocycles. The lowest BCUT2D eigenvalue weighted by atomic mass is 9.41. The van der Waals surface area contributed by atoms with E-state index in [1.165, 1.54) is 6.92 Å². The fraction of sp³-hybridized carbons (Fsp3) is 0.591. The molecule has 1 aliphatic heterocycles. The predicted octanol–water partition coefficient (Wildman–Crippen LogP) is 9.31. The van der Waals surface area contributed by atoms with E-state index in [0.717, 1.165) is 18.6 Å².